The highest BCUT2D eigenvalue weighted by molar-refractivity contribution is 7.10. The molecule has 0 bridgehead atoms. The maximum Gasteiger partial charge on any atom is 0.407 e. The first kappa shape index (κ1) is 22.4. The summed E-state index contributed by atoms with van der Waals surface area (Å²) >= 11 is 1.49. The van der Waals surface area contributed by atoms with Gasteiger partial charge in [-0.1, -0.05) is 25.9 Å². The van der Waals surface area contributed by atoms with E-state index in [2.05, 4.69) is 5.16 Å². The lowest BCUT2D eigenvalue weighted by Gasteiger charge is -2.44. The summed E-state index contributed by atoms with van der Waals surface area (Å²) < 4.78 is 28.5. The second kappa shape index (κ2) is 8.31. The average Bonchev–Trinajstić information content (AvgIpc) is 3.35. The molecule has 0 saturated carbocycles. The summed E-state index contributed by atoms with van der Waals surface area (Å²) in [4.78, 5) is 23.2. The number of nitrogen functional groups attached to an aromatic ring is 1. The number of carbonyl (C=O) groups is 1. The third-order valence-corrected chi connectivity index (χ3v) is 7.11. The number of thiazole rings is 1. The molecule has 32 heavy (non-hydrogen) atoms. The number of oxime groups is 1. The van der Waals surface area contributed by atoms with Crippen molar-refractivity contribution in [3.63, 3.8) is 0 Å². The molecule has 2 aliphatic heterocycles. The minimum Gasteiger partial charge on any atom is -0.465 e. The maximum atomic E-state index is 14.3. The van der Waals surface area contributed by atoms with Crippen molar-refractivity contribution in [1.29, 1.82) is 0 Å². The molecule has 1 aromatic carbocycles. The molecule has 1 saturated heterocycles. The molecule has 3 atom stereocenters. The van der Waals surface area contributed by atoms with Crippen LogP contribution in [0.2, 0.25) is 0 Å². The lowest BCUT2D eigenvalue weighted by Crippen LogP contribution is -2.51. The summed E-state index contributed by atoms with van der Waals surface area (Å²) in [7, 11) is 0. The summed E-state index contributed by atoms with van der Waals surface area (Å²) in [6.45, 7) is 6.59. The van der Waals surface area contributed by atoms with E-state index in [1.807, 2.05) is 26.2 Å². The Bertz CT molecular complexity index is 1040. The maximum absolute atomic E-state index is 14.3. The summed E-state index contributed by atoms with van der Waals surface area (Å²) in [5.41, 5.74) is 6.26. The number of halogens is 2. The minimum absolute atomic E-state index is 0.00883. The van der Waals surface area contributed by atoms with E-state index < -0.39 is 23.8 Å². The van der Waals surface area contributed by atoms with Crippen LogP contribution < -0.4 is 5.73 Å². The van der Waals surface area contributed by atoms with Crippen molar-refractivity contribution in [2.24, 2.45) is 10.6 Å². The molecule has 3 unspecified atom stereocenters. The van der Waals surface area contributed by atoms with Crippen molar-refractivity contribution < 1.29 is 23.5 Å². The van der Waals surface area contributed by atoms with Crippen molar-refractivity contribution in [3.8, 4) is 0 Å². The first-order valence-corrected chi connectivity index (χ1v) is 11.3. The molecule has 2 aliphatic rings. The molecule has 0 aliphatic carbocycles. The van der Waals surface area contributed by atoms with Crippen LogP contribution in [0.15, 0.2) is 22.7 Å². The molecule has 0 radical (unpaired) electrons. The van der Waals surface area contributed by atoms with E-state index in [4.69, 9.17) is 15.6 Å². The molecular formula is C22H26F2N4O3S. The molecule has 172 valence electrons. The second-order valence-electron chi connectivity index (χ2n) is 9.38. The molecule has 3 N–H and O–H groups in total. The third kappa shape index (κ3) is 4.28. The summed E-state index contributed by atoms with van der Waals surface area (Å²) in [6, 6.07) is 2.02. The Morgan fingerprint density at radius 3 is 2.62 bits per heavy atom. The first-order valence-electron chi connectivity index (χ1n) is 10.5. The lowest BCUT2D eigenvalue weighted by atomic mass is 9.77. The number of amides is 1. The van der Waals surface area contributed by atoms with Gasteiger partial charge in [-0.05, 0) is 30.4 Å². The Kier molecular flexibility index (Phi) is 5.83. The number of hydrogen-bond acceptors (Lipinski definition) is 6. The Hall–Kier alpha value is -2.75. The third-order valence-electron chi connectivity index (χ3n) is 6.11. The molecule has 1 fully saturated rings. The molecule has 10 heteroatoms. The van der Waals surface area contributed by atoms with Gasteiger partial charge in [0, 0.05) is 36.0 Å². The van der Waals surface area contributed by atoms with E-state index in [1.165, 1.54) is 16.2 Å². The van der Waals surface area contributed by atoms with Gasteiger partial charge in [-0.3, -0.25) is 0 Å². The van der Waals surface area contributed by atoms with Gasteiger partial charge in [0.1, 0.15) is 17.3 Å². The number of piperidine rings is 1. The largest absolute Gasteiger partial charge is 0.465 e. The Morgan fingerprint density at radius 1 is 1.31 bits per heavy atom. The van der Waals surface area contributed by atoms with Crippen LogP contribution in [0.25, 0.3) is 0 Å². The standard InChI is InChI=1S/C22H26F2N4O3S/c1-22(2,3)18-6-11(4-5-28(18)21(29)30)20-26-16(10-32-20)15-9-17(31-27-15)19-13(23)7-12(25)8-14(19)24/h7-8,10-11,17-18H,4-6,9,25H2,1-3H3,(H,29,30). The van der Waals surface area contributed by atoms with Gasteiger partial charge in [0.2, 0.25) is 0 Å². The fourth-order valence-corrected chi connectivity index (χ4v) is 5.42. The number of anilines is 1. The van der Waals surface area contributed by atoms with Gasteiger partial charge < -0.3 is 20.6 Å². The Morgan fingerprint density at radius 2 is 2.00 bits per heavy atom. The van der Waals surface area contributed by atoms with E-state index in [0.717, 1.165) is 17.1 Å². The van der Waals surface area contributed by atoms with E-state index in [9.17, 15) is 18.7 Å². The summed E-state index contributed by atoms with van der Waals surface area (Å²) in [5.74, 6) is -1.39. The fourth-order valence-electron chi connectivity index (χ4n) is 4.44. The van der Waals surface area contributed by atoms with Gasteiger partial charge in [-0.25, -0.2) is 18.6 Å². The quantitative estimate of drug-likeness (QED) is 0.613. The monoisotopic (exact) mass is 464 g/mol. The number of nitrogens with two attached hydrogens (primary N) is 1. The molecule has 1 amide bonds. The minimum atomic E-state index is -0.895. The van der Waals surface area contributed by atoms with Gasteiger partial charge in [0.05, 0.1) is 16.3 Å². The van der Waals surface area contributed by atoms with Gasteiger partial charge >= 0.3 is 6.09 Å². The van der Waals surface area contributed by atoms with Crippen LogP contribution in [0.4, 0.5) is 19.3 Å². The topological polar surface area (TPSA) is 101 Å². The number of aromatic nitrogens is 1. The summed E-state index contributed by atoms with van der Waals surface area (Å²) in [5, 5.41) is 16.4. The molecule has 2 aromatic rings. The van der Waals surface area contributed by atoms with Crippen molar-refractivity contribution >= 4 is 28.8 Å². The predicted molar refractivity (Wildman–Crippen MR) is 118 cm³/mol. The zero-order chi connectivity index (χ0) is 23.2. The van der Waals surface area contributed by atoms with E-state index >= 15 is 0 Å². The number of carboxylic acid groups (broad SMARTS) is 1. The molecule has 1 aromatic heterocycles. The van der Waals surface area contributed by atoms with Crippen molar-refractivity contribution in [2.45, 2.75) is 58.1 Å². The van der Waals surface area contributed by atoms with Gasteiger partial charge in [-0.15, -0.1) is 11.3 Å². The Labute approximate surface area is 188 Å². The zero-order valence-electron chi connectivity index (χ0n) is 18.1. The normalized spacial score (nSPS) is 23.7. The molecule has 0 spiro atoms. The Balaban J connectivity index is 1.49. The first-order chi connectivity index (χ1) is 15.0. The van der Waals surface area contributed by atoms with E-state index in [-0.39, 0.29) is 35.0 Å². The van der Waals surface area contributed by atoms with Crippen molar-refractivity contribution in [3.05, 3.63) is 45.4 Å². The zero-order valence-corrected chi connectivity index (χ0v) is 19.0. The highest BCUT2D eigenvalue weighted by Gasteiger charge is 2.40. The lowest BCUT2D eigenvalue weighted by molar-refractivity contribution is 0.0525. The van der Waals surface area contributed by atoms with E-state index in [0.29, 0.717) is 30.8 Å². The highest BCUT2D eigenvalue weighted by atomic mass is 32.1. The SMILES string of the molecule is CC(C)(C)C1CC(c2nc(C3=NOC(c4c(F)cc(N)cc4F)C3)cs2)CCN1C(=O)O. The molecule has 4 rings (SSSR count). The van der Waals surface area contributed by atoms with Crippen LogP contribution >= 0.6 is 11.3 Å². The van der Waals surface area contributed by atoms with Crippen LogP contribution in [0.5, 0.6) is 0 Å². The van der Waals surface area contributed by atoms with E-state index in [1.54, 1.807) is 0 Å². The van der Waals surface area contributed by atoms with Crippen LogP contribution in [-0.4, -0.2) is 39.4 Å². The van der Waals surface area contributed by atoms with Crippen LogP contribution in [-0.2, 0) is 4.84 Å². The van der Waals surface area contributed by atoms with Crippen LogP contribution in [0.3, 0.4) is 0 Å². The number of rotatable bonds is 3. The van der Waals surface area contributed by atoms with Gasteiger partial charge in [0.15, 0.2) is 6.10 Å². The number of benzene rings is 1. The second-order valence-corrected chi connectivity index (χ2v) is 10.3. The average molecular weight is 465 g/mol. The van der Waals surface area contributed by atoms with Crippen molar-refractivity contribution in [2.75, 3.05) is 12.3 Å². The smallest absolute Gasteiger partial charge is 0.407 e. The molecular weight excluding hydrogens is 438 g/mol. The molecule has 3 heterocycles. The number of hydrogen-bond donors (Lipinski definition) is 2. The number of nitrogens with zero attached hydrogens (tertiary/aromatic N) is 3. The van der Waals surface area contributed by atoms with Crippen LogP contribution in [0, 0.1) is 17.0 Å². The fraction of sp³-hybridized carbons (Fsp3) is 0.500. The van der Waals surface area contributed by atoms with Crippen molar-refractivity contribution in [1.82, 2.24) is 9.88 Å². The highest BCUT2D eigenvalue weighted by Crippen LogP contribution is 2.40. The predicted octanol–water partition coefficient (Wildman–Crippen LogP) is 5.14. The van der Waals surface area contributed by atoms with Gasteiger partial charge in [0.25, 0.3) is 0 Å². The number of likely N-dealkylation sites (tertiary alicyclic amines) is 1. The summed E-state index contributed by atoms with van der Waals surface area (Å²) in [6.07, 6.45) is -0.188. The van der Waals surface area contributed by atoms with Gasteiger partial charge in [-0.2, -0.15) is 0 Å². The molecule has 7 nitrogen and oxygen atoms in total. The van der Waals surface area contributed by atoms with Crippen LogP contribution in [0.1, 0.15) is 68.3 Å².